The van der Waals surface area contributed by atoms with Crippen LogP contribution in [0.2, 0.25) is 0 Å². The average Bonchev–Trinajstić information content (AvgIpc) is 2.40. The molecule has 0 aliphatic rings. The molecular weight excluding hydrogens is 222 g/mol. The van der Waals surface area contributed by atoms with Gasteiger partial charge < -0.3 is 10.1 Å². The van der Waals surface area contributed by atoms with Crippen molar-refractivity contribution in [2.45, 2.75) is 39.2 Å². The fourth-order valence-corrected chi connectivity index (χ4v) is 2.17. The van der Waals surface area contributed by atoms with Crippen LogP contribution in [0.25, 0.3) is 0 Å². The summed E-state index contributed by atoms with van der Waals surface area (Å²) < 4.78 is 5.18. The van der Waals surface area contributed by atoms with E-state index in [0.29, 0.717) is 12.0 Å². The predicted molar refractivity (Wildman–Crippen MR) is 77.8 cm³/mol. The van der Waals surface area contributed by atoms with Gasteiger partial charge in [0.25, 0.3) is 0 Å². The lowest BCUT2D eigenvalue weighted by atomic mass is 10.0. The molecule has 2 unspecified atom stereocenters. The van der Waals surface area contributed by atoms with Crippen LogP contribution in [0.1, 0.15) is 44.7 Å². The molecule has 1 aromatic carbocycles. The van der Waals surface area contributed by atoms with Crippen molar-refractivity contribution in [3.8, 4) is 0 Å². The molecule has 1 aromatic rings. The summed E-state index contributed by atoms with van der Waals surface area (Å²) in [4.78, 5) is 0. The lowest BCUT2D eigenvalue weighted by Gasteiger charge is -2.21. The molecule has 2 heteroatoms. The van der Waals surface area contributed by atoms with E-state index >= 15 is 0 Å². The van der Waals surface area contributed by atoms with Gasteiger partial charge in [0, 0.05) is 26.3 Å². The lowest BCUT2D eigenvalue weighted by Crippen LogP contribution is -2.28. The molecule has 0 spiro atoms. The summed E-state index contributed by atoms with van der Waals surface area (Å²) in [6.45, 7) is 6.30. The highest BCUT2D eigenvalue weighted by Crippen LogP contribution is 2.19. The maximum atomic E-state index is 5.18. The van der Waals surface area contributed by atoms with E-state index in [1.807, 2.05) is 0 Å². The molecule has 0 heterocycles. The highest BCUT2D eigenvalue weighted by molar-refractivity contribution is 5.18. The molecule has 2 atom stereocenters. The first kappa shape index (κ1) is 15.2. The molecule has 0 saturated heterocycles. The van der Waals surface area contributed by atoms with Crippen molar-refractivity contribution in [2.75, 3.05) is 20.3 Å². The minimum Gasteiger partial charge on any atom is -0.384 e. The van der Waals surface area contributed by atoms with Crippen molar-refractivity contribution in [2.24, 2.45) is 5.92 Å². The molecule has 0 radical (unpaired) electrons. The van der Waals surface area contributed by atoms with Gasteiger partial charge in [-0.25, -0.2) is 0 Å². The number of rotatable bonds is 9. The van der Waals surface area contributed by atoms with Crippen LogP contribution >= 0.6 is 0 Å². The van der Waals surface area contributed by atoms with E-state index in [2.05, 4.69) is 49.5 Å². The first-order valence-electron chi connectivity index (χ1n) is 7.05. The second kappa shape index (κ2) is 9.12. The van der Waals surface area contributed by atoms with E-state index in [4.69, 9.17) is 4.74 Å². The van der Waals surface area contributed by atoms with Gasteiger partial charge in [0.05, 0.1) is 0 Å². The van der Waals surface area contributed by atoms with Crippen LogP contribution in [0, 0.1) is 5.92 Å². The first-order valence-corrected chi connectivity index (χ1v) is 7.05. The Kier molecular flexibility index (Phi) is 7.70. The number of methoxy groups -OCH3 is 1. The molecule has 0 aliphatic carbocycles. The van der Waals surface area contributed by atoms with Gasteiger partial charge in [0.1, 0.15) is 0 Å². The van der Waals surface area contributed by atoms with Gasteiger partial charge in [0.15, 0.2) is 0 Å². The number of nitrogens with one attached hydrogen (secondary N) is 1. The number of benzene rings is 1. The summed E-state index contributed by atoms with van der Waals surface area (Å²) in [5, 5.41) is 3.68. The van der Waals surface area contributed by atoms with E-state index in [1.165, 1.54) is 24.8 Å². The van der Waals surface area contributed by atoms with E-state index in [0.717, 1.165) is 13.2 Å². The van der Waals surface area contributed by atoms with Crippen LogP contribution in [0.3, 0.4) is 0 Å². The molecule has 1 rings (SSSR count). The summed E-state index contributed by atoms with van der Waals surface area (Å²) >= 11 is 0. The third-order valence-electron chi connectivity index (χ3n) is 3.21. The third-order valence-corrected chi connectivity index (χ3v) is 3.21. The van der Waals surface area contributed by atoms with Crippen molar-refractivity contribution in [1.29, 1.82) is 0 Å². The normalized spacial score (nSPS) is 14.4. The summed E-state index contributed by atoms with van der Waals surface area (Å²) in [6.07, 6.45) is 3.73. The van der Waals surface area contributed by atoms with Gasteiger partial charge in [-0.15, -0.1) is 0 Å². The molecule has 0 saturated carbocycles. The summed E-state index contributed by atoms with van der Waals surface area (Å²) in [5.41, 5.74) is 1.40. The molecule has 0 amide bonds. The SMILES string of the molecule is CCCCC(NCC(C)COC)c1ccccc1. The van der Waals surface area contributed by atoms with Crippen molar-refractivity contribution in [3.05, 3.63) is 35.9 Å². The molecular formula is C16H27NO. The fourth-order valence-electron chi connectivity index (χ4n) is 2.17. The fraction of sp³-hybridized carbons (Fsp3) is 0.625. The van der Waals surface area contributed by atoms with Gasteiger partial charge in [0.2, 0.25) is 0 Å². The maximum absolute atomic E-state index is 5.18. The van der Waals surface area contributed by atoms with Gasteiger partial charge in [-0.3, -0.25) is 0 Å². The van der Waals surface area contributed by atoms with Crippen molar-refractivity contribution in [3.63, 3.8) is 0 Å². The zero-order chi connectivity index (χ0) is 13.2. The average molecular weight is 249 g/mol. The Morgan fingerprint density at radius 1 is 1.22 bits per heavy atom. The van der Waals surface area contributed by atoms with E-state index in [1.54, 1.807) is 7.11 Å². The van der Waals surface area contributed by atoms with Crippen LogP contribution in [0.15, 0.2) is 30.3 Å². The van der Waals surface area contributed by atoms with E-state index in [9.17, 15) is 0 Å². The third kappa shape index (κ3) is 5.65. The van der Waals surface area contributed by atoms with Crippen LogP contribution in [-0.4, -0.2) is 20.3 Å². The second-order valence-electron chi connectivity index (χ2n) is 5.07. The molecule has 18 heavy (non-hydrogen) atoms. The van der Waals surface area contributed by atoms with Gasteiger partial charge in [-0.05, 0) is 17.9 Å². The molecule has 0 aliphatic heterocycles. The topological polar surface area (TPSA) is 21.3 Å². The van der Waals surface area contributed by atoms with E-state index < -0.39 is 0 Å². The molecule has 0 bridgehead atoms. The van der Waals surface area contributed by atoms with Crippen LogP contribution < -0.4 is 5.32 Å². The largest absolute Gasteiger partial charge is 0.384 e. The molecule has 0 fully saturated rings. The quantitative estimate of drug-likeness (QED) is 0.719. The van der Waals surface area contributed by atoms with Crippen LogP contribution in [0.4, 0.5) is 0 Å². The maximum Gasteiger partial charge on any atom is 0.0499 e. The minimum absolute atomic E-state index is 0.477. The van der Waals surface area contributed by atoms with Crippen molar-refractivity contribution in [1.82, 2.24) is 5.32 Å². The van der Waals surface area contributed by atoms with Crippen LogP contribution in [-0.2, 0) is 4.74 Å². The minimum atomic E-state index is 0.477. The van der Waals surface area contributed by atoms with Gasteiger partial charge >= 0.3 is 0 Å². The zero-order valence-electron chi connectivity index (χ0n) is 12.0. The Hall–Kier alpha value is -0.860. The molecule has 0 aromatic heterocycles. The Balaban J connectivity index is 2.51. The van der Waals surface area contributed by atoms with Crippen molar-refractivity contribution < 1.29 is 4.74 Å². The number of hydrogen-bond donors (Lipinski definition) is 1. The summed E-state index contributed by atoms with van der Waals surface area (Å²) in [7, 11) is 1.77. The highest BCUT2D eigenvalue weighted by Gasteiger charge is 2.11. The predicted octanol–water partition coefficient (Wildman–Crippen LogP) is 3.79. The first-order chi connectivity index (χ1) is 8.77. The smallest absolute Gasteiger partial charge is 0.0499 e. The lowest BCUT2D eigenvalue weighted by molar-refractivity contribution is 0.156. The summed E-state index contributed by atoms with van der Waals surface area (Å²) in [5.74, 6) is 0.558. The van der Waals surface area contributed by atoms with Gasteiger partial charge in [-0.2, -0.15) is 0 Å². The highest BCUT2D eigenvalue weighted by atomic mass is 16.5. The molecule has 102 valence electrons. The standard InChI is InChI=1S/C16H27NO/c1-4-5-11-16(15-9-7-6-8-10-15)17-12-14(2)13-18-3/h6-10,14,16-17H,4-5,11-13H2,1-3H3. The van der Waals surface area contributed by atoms with Crippen molar-refractivity contribution >= 4 is 0 Å². The summed E-state index contributed by atoms with van der Waals surface area (Å²) in [6, 6.07) is 11.2. The number of ether oxygens (including phenoxy) is 1. The monoisotopic (exact) mass is 249 g/mol. The Labute approximate surface area is 112 Å². The number of unbranched alkanes of at least 4 members (excludes halogenated alkanes) is 1. The van der Waals surface area contributed by atoms with E-state index in [-0.39, 0.29) is 0 Å². The van der Waals surface area contributed by atoms with Crippen LogP contribution in [0.5, 0.6) is 0 Å². The Morgan fingerprint density at radius 2 is 1.94 bits per heavy atom. The molecule has 2 nitrogen and oxygen atoms in total. The van der Waals surface area contributed by atoms with Gasteiger partial charge in [-0.1, -0.05) is 57.0 Å². The molecule has 1 N–H and O–H groups in total. The Bertz CT molecular complexity index is 299. The Morgan fingerprint density at radius 3 is 2.56 bits per heavy atom. The second-order valence-corrected chi connectivity index (χ2v) is 5.07. The zero-order valence-corrected chi connectivity index (χ0v) is 12.0. The number of hydrogen-bond acceptors (Lipinski definition) is 2.